The fourth-order valence-corrected chi connectivity index (χ4v) is 5.26. The molecule has 3 atom stereocenters. The van der Waals surface area contributed by atoms with Crippen LogP contribution in [0.3, 0.4) is 0 Å². The number of benzene rings is 1. The molecule has 3 heterocycles. The van der Waals surface area contributed by atoms with Gasteiger partial charge in [-0.05, 0) is 30.5 Å². The highest BCUT2D eigenvalue weighted by Gasteiger charge is 2.45. The summed E-state index contributed by atoms with van der Waals surface area (Å²) in [6.07, 6.45) is -0.799. The van der Waals surface area contributed by atoms with E-state index in [0.717, 1.165) is 0 Å². The lowest BCUT2D eigenvalue weighted by molar-refractivity contribution is -0.00603. The molecule has 2 aliphatic heterocycles. The minimum atomic E-state index is -4.09. The summed E-state index contributed by atoms with van der Waals surface area (Å²) in [7, 11) is -4.09. The number of nitrogens with one attached hydrogen (secondary N) is 1. The van der Waals surface area contributed by atoms with E-state index in [2.05, 4.69) is 14.7 Å². The smallest absolute Gasteiger partial charge is 0.290 e. The van der Waals surface area contributed by atoms with Gasteiger partial charge >= 0.3 is 0 Å². The molecule has 0 amide bonds. The number of aromatic nitrogens is 2. The van der Waals surface area contributed by atoms with Crippen molar-refractivity contribution in [2.45, 2.75) is 50.5 Å². The molecule has 178 valence electrons. The molecule has 0 unspecified atom stereocenters. The number of ether oxygens (including phenoxy) is 1. The molecule has 3 aliphatic rings. The van der Waals surface area contributed by atoms with Crippen LogP contribution in [0, 0.1) is 0 Å². The van der Waals surface area contributed by atoms with Crippen molar-refractivity contribution in [3.63, 3.8) is 0 Å². The number of anilines is 1. The van der Waals surface area contributed by atoms with Crippen LogP contribution in [0.2, 0.25) is 0 Å². The second-order valence-corrected chi connectivity index (χ2v) is 10.4. The third kappa shape index (κ3) is 3.88. The van der Waals surface area contributed by atoms with E-state index in [4.69, 9.17) is 4.74 Å². The number of β-amino-alcohol motifs (C(OH)–C–C–N with tert-alkyl or cyclic N) is 1. The lowest BCUT2D eigenvalue weighted by Gasteiger charge is -2.43. The molecule has 1 saturated heterocycles. The average molecular weight is 485 g/mol. The average Bonchev–Trinajstić information content (AvgIpc) is 3.10. The zero-order valence-corrected chi connectivity index (χ0v) is 18.6. The summed E-state index contributed by atoms with van der Waals surface area (Å²) < 4.78 is 73.2. The van der Waals surface area contributed by atoms with Crippen LogP contribution >= 0.6 is 0 Å². The molecule has 8 nitrogen and oxygen atoms in total. The minimum absolute atomic E-state index is 0.0556. The van der Waals surface area contributed by atoms with Gasteiger partial charge in [0.05, 0.1) is 37.1 Å². The highest BCUT2D eigenvalue weighted by Crippen LogP contribution is 2.45. The number of fused-ring (bicyclic) bond motifs is 2. The molecule has 12 heteroatoms. The topological polar surface area (TPSA) is 105 Å². The van der Waals surface area contributed by atoms with E-state index < -0.39 is 34.1 Å². The Labute approximate surface area is 188 Å². The van der Waals surface area contributed by atoms with Crippen LogP contribution in [-0.4, -0.2) is 54.8 Å². The molecule has 2 N–H and O–H groups in total. The van der Waals surface area contributed by atoms with Crippen molar-refractivity contribution in [2.75, 3.05) is 24.1 Å². The van der Waals surface area contributed by atoms with Crippen molar-refractivity contribution >= 4 is 16.0 Å². The minimum Gasteiger partial charge on any atom is -0.389 e. The number of nitrogens with zero attached hydrogens (tertiary/aromatic N) is 3. The molecule has 1 aromatic carbocycles. The summed E-state index contributed by atoms with van der Waals surface area (Å²) in [6, 6.07) is 2.55. The summed E-state index contributed by atoms with van der Waals surface area (Å²) in [4.78, 5) is 10.4. The first-order valence-corrected chi connectivity index (χ1v) is 12.3. The fraction of sp³-hybridized carbons (Fsp3) is 0.524. The van der Waals surface area contributed by atoms with Crippen molar-refractivity contribution in [3.8, 4) is 11.3 Å². The lowest BCUT2D eigenvalue weighted by Crippen LogP contribution is -2.59. The molecular formula is C21H23F3N4O4S. The van der Waals surface area contributed by atoms with Crippen molar-refractivity contribution < 1.29 is 31.4 Å². The van der Waals surface area contributed by atoms with E-state index in [1.165, 1.54) is 0 Å². The summed E-state index contributed by atoms with van der Waals surface area (Å²) in [5.74, 6) is -2.92. The van der Waals surface area contributed by atoms with E-state index in [1.54, 1.807) is 30.0 Å². The van der Waals surface area contributed by atoms with Crippen molar-refractivity contribution in [1.29, 1.82) is 0 Å². The van der Waals surface area contributed by atoms with Crippen LogP contribution in [0.25, 0.3) is 11.3 Å². The third-order valence-corrected chi connectivity index (χ3v) is 7.45. The predicted molar refractivity (Wildman–Crippen MR) is 113 cm³/mol. The van der Waals surface area contributed by atoms with E-state index in [1.807, 2.05) is 0 Å². The summed E-state index contributed by atoms with van der Waals surface area (Å²) in [5.41, 5.74) is 2.35. The molecule has 0 bridgehead atoms. The first-order valence-electron chi connectivity index (χ1n) is 10.6. The second kappa shape index (κ2) is 7.90. The van der Waals surface area contributed by atoms with Gasteiger partial charge in [-0.1, -0.05) is 12.1 Å². The van der Waals surface area contributed by atoms with E-state index in [0.29, 0.717) is 27.9 Å². The van der Waals surface area contributed by atoms with Crippen LogP contribution in [0.4, 0.5) is 19.1 Å². The summed E-state index contributed by atoms with van der Waals surface area (Å²) in [5, 5.41) is 9.85. The molecule has 0 spiro atoms. The Hall–Kier alpha value is -2.28. The zero-order chi connectivity index (χ0) is 23.5. The first kappa shape index (κ1) is 22.5. The van der Waals surface area contributed by atoms with E-state index in [9.17, 15) is 26.7 Å². The number of alkyl halides is 3. The third-order valence-electron chi connectivity index (χ3n) is 6.52. The molecule has 2 aromatic rings. The van der Waals surface area contributed by atoms with Crippen molar-refractivity contribution in [1.82, 2.24) is 14.7 Å². The van der Waals surface area contributed by atoms with Gasteiger partial charge in [-0.15, -0.1) is 0 Å². The Balaban J connectivity index is 1.57. The first-order chi connectivity index (χ1) is 15.6. The maximum atomic E-state index is 14.6. The molecular weight excluding hydrogens is 461 g/mol. The van der Waals surface area contributed by atoms with Gasteiger partial charge in [0.25, 0.3) is 5.92 Å². The van der Waals surface area contributed by atoms with Gasteiger partial charge in [0.15, 0.2) is 0 Å². The lowest BCUT2D eigenvalue weighted by atomic mass is 9.95. The summed E-state index contributed by atoms with van der Waals surface area (Å²) >= 11 is 0. The van der Waals surface area contributed by atoms with Crippen LogP contribution in [0.1, 0.15) is 41.8 Å². The maximum Gasteiger partial charge on any atom is 0.290 e. The second-order valence-electron chi connectivity index (χ2n) is 8.69. The quantitative estimate of drug-likeness (QED) is 0.670. The van der Waals surface area contributed by atoms with Crippen LogP contribution in [-0.2, 0) is 33.7 Å². The predicted octanol–water partition coefficient (Wildman–Crippen LogP) is 2.17. The van der Waals surface area contributed by atoms with Crippen molar-refractivity contribution in [3.05, 3.63) is 40.6 Å². The maximum absolute atomic E-state index is 14.6. The number of sulfonamides is 1. The Kier molecular flexibility index (Phi) is 5.39. The standard InChI is InChI=1S/C21H23F3N4O4S/c1-11-17(29)7-28(11)20-25-18(15-4-5-21(23,24)19(15)26-20)12-2-3-14-13(6-12)8-32-9-16(14)27-33(30,31)10-22/h2-3,6,11,16-17,27,29H,4-5,7-10H2,1H3/t11-,16-,17+/m0/s1. The number of rotatable bonds is 5. The molecule has 0 saturated carbocycles. The van der Waals surface area contributed by atoms with Gasteiger partial charge in [-0.25, -0.2) is 27.5 Å². The number of hydrogen-bond acceptors (Lipinski definition) is 7. The molecule has 0 radical (unpaired) electrons. The number of halogens is 3. The fourth-order valence-electron chi connectivity index (χ4n) is 4.57. The molecule has 1 aliphatic carbocycles. The molecule has 1 aromatic heterocycles. The van der Waals surface area contributed by atoms with Gasteiger partial charge in [-0.3, -0.25) is 0 Å². The van der Waals surface area contributed by atoms with Crippen molar-refractivity contribution in [2.24, 2.45) is 0 Å². The van der Waals surface area contributed by atoms with Crippen LogP contribution < -0.4 is 9.62 Å². The highest BCUT2D eigenvalue weighted by atomic mass is 32.2. The highest BCUT2D eigenvalue weighted by molar-refractivity contribution is 7.89. The number of aliphatic hydroxyl groups is 1. The zero-order valence-electron chi connectivity index (χ0n) is 17.8. The Bertz CT molecular complexity index is 1210. The molecule has 1 fully saturated rings. The van der Waals surface area contributed by atoms with E-state index >= 15 is 0 Å². The Morgan fingerprint density at radius 1 is 1.33 bits per heavy atom. The molecule has 33 heavy (non-hydrogen) atoms. The largest absolute Gasteiger partial charge is 0.389 e. The Morgan fingerprint density at radius 3 is 2.82 bits per heavy atom. The van der Waals surface area contributed by atoms with E-state index in [-0.39, 0.29) is 50.3 Å². The van der Waals surface area contributed by atoms with Gasteiger partial charge < -0.3 is 14.7 Å². The monoisotopic (exact) mass is 484 g/mol. The van der Waals surface area contributed by atoms with Crippen LogP contribution in [0.15, 0.2) is 18.2 Å². The van der Waals surface area contributed by atoms with Gasteiger partial charge in [-0.2, -0.15) is 8.78 Å². The van der Waals surface area contributed by atoms with Crippen LogP contribution in [0.5, 0.6) is 0 Å². The number of aliphatic hydroxyl groups excluding tert-OH is 1. The normalized spacial score (nSPS) is 26.0. The SMILES string of the molecule is C[C@H]1[C@H](O)CN1c1nc(-c2ccc3c(c2)COC[C@@H]3NS(=O)(=O)CF)c2c(n1)C(F)(F)CC2. The Morgan fingerprint density at radius 2 is 2.12 bits per heavy atom. The van der Waals surface area contributed by atoms with Gasteiger partial charge in [0.2, 0.25) is 22.0 Å². The number of hydrogen-bond donors (Lipinski definition) is 2. The van der Waals surface area contributed by atoms with Gasteiger partial charge in [0.1, 0.15) is 5.69 Å². The molecule has 5 rings (SSSR count). The van der Waals surface area contributed by atoms with Gasteiger partial charge in [0, 0.05) is 24.1 Å². The summed E-state index contributed by atoms with van der Waals surface area (Å²) in [6.45, 7) is 2.29.